The molecule has 0 bridgehead atoms. The van der Waals surface area contributed by atoms with E-state index in [0.717, 1.165) is 6.42 Å². The molecule has 1 heterocycles. The second-order valence-electron chi connectivity index (χ2n) is 3.17. The lowest BCUT2D eigenvalue weighted by atomic mass is 10.2. The summed E-state index contributed by atoms with van der Waals surface area (Å²) in [7, 11) is 0. The predicted molar refractivity (Wildman–Crippen MR) is 56.9 cm³/mol. The lowest BCUT2D eigenvalue weighted by Crippen LogP contribution is -2.09. The van der Waals surface area contributed by atoms with Crippen molar-refractivity contribution in [3.05, 3.63) is 21.9 Å². The van der Waals surface area contributed by atoms with E-state index >= 15 is 0 Å². The average molecular weight is 199 g/mol. The van der Waals surface area contributed by atoms with E-state index in [4.69, 9.17) is 10.8 Å². The van der Waals surface area contributed by atoms with Gasteiger partial charge in [0.05, 0.1) is 0 Å². The van der Waals surface area contributed by atoms with Gasteiger partial charge in [0.2, 0.25) is 0 Å². The van der Waals surface area contributed by atoms with Crippen molar-refractivity contribution in [2.75, 3.05) is 6.61 Å². The molecule has 2 nitrogen and oxygen atoms in total. The summed E-state index contributed by atoms with van der Waals surface area (Å²) < 4.78 is 0. The van der Waals surface area contributed by atoms with Crippen LogP contribution in [0.25, 0.3) is 0 Å². The molecule has 0 saturated carbocycles. The van der Waals surface area contributed by atoms with Gasteiger partial charge in [0.1, 0.15) is 0 Å². The van der Waals surface area contributed by atoms with Crippen molar-refractivity contribution >= 4 is 11.3 Å². The monoisotopic (exact) mass is 199 g/mol. The van der Waals surface area contributed by atoms with Crippen molar-refractivity contribution in [2.45, 2.75) is 32.2 Å². The van der Waals surface area contributed by atoms with Gasteiger partial charge in [-0.15, -0.1) is 11.3 Å². The van der Waals surface area contributed by atoms with Crippen LogP contribution in [0.4, 0.5) is 0 Å². The minimum Gasteiger partial charge on any atom is -0.396 e. The van der Waals surface area contributed by atoms with Crippen molar-refractivity contribution < 1.29 is 5.11 Å². The van der Waals surface area contributed by atoms with Gasteiger partial charge in [-0.1, -0.05) is 13.3 Å². The van der Waals surface area contributed by atoms with E-state index in [9.17, 15) is 0 Å². The van der Waals surface area contributed by atoms with Gasteiger partial charge in [-0.2, -0.15) is 0 Å². The van der Waals surface area contributed by atoms with Crippen LogP contribution >= 0.6 is 11.3 Å². The molecule has 0 unspecified atom stereocenters. The maximum Gasteiger partial charge on any atom is 0.0449 e. The van der Waals surface area contributed by atoms with Crippen LogP contribution < -0.4 is 5.73 Å². The molecule has 0 amide bonds. The van der Waals surface area contributed by atoms with Gasteiger partial charge in [0, 0.05) is 22.4 Å². The maximum atomic E-state index is 8.73. The number of aliphatic hydroxyl groups excluding tert-OH is 1. The maximum absolute atomic E-state index is 8.73. The topological polar surface area (TPSA) is 46.2 Å². The molecule has 0 saturated heterocycles. The van der Waals surface area contributed by atoms with Gasteiger partial charge >= 0.3 is 0 Å². The van der Waals surface area contributed by atoms with Crippen LogP contribution in [0.2, 0.25) is 0 Å². The Morgan fingerprint density at radius 1 is 1.54 bits per heavy atom. The Morgan fingerprint density at radius 3 is 2.92 bits per heavy atom. The molecule has 1 aromatic rings. The zero-order valence-electron chi connectivity index (χ0n) is 7.99. The van der Waals surface area contributed by atoms with Crippen LogP contribution in [0, 0.1) is 0 Å². The summed E-state index contributed by atoms with van der Waals surface area (Å²) in [6.45, 7) is 2.34. The van der Waals surface area contributed by atoms with Gasteiger partial charge in [-0.25, -0.2) is 0 Å². The summed E-state index contributed by atoms with van der Waals surface area (Å²) in [5.74, 6) is 0. The average Bonchev–Trinajstić information content (AvgIpc) is 2.54. The van der Waals surface area contributed by atoms with Gasteiger partial charge in [0.15, 0.2) is 0 Å². The third-order valence-corrected chi connectivity index (χ3v) is 3.26. The van der Waals surface area contributed by atoms with Crippen LogP contribution in [-0.4, -0.2) is 11.7 Å². The lowest BCUT2D eigenvalue weighted by molar-refractivity contribution is 0.277. The zero-order chi connectivity index (χ0) is 9.68. The number of hydrogen-bond donors (Lipinski definition) is 2. The van der Waals surface area contributed by atoms with Crippen molar-refractivity contribution in [1.82, 2.24) is 0 Å². The van der Waals surface area contributed by atoms with Gasteiger partial charge in [0.25, 0.3) is 0 Å². The summed E-state index contributed by atoms with van der Waals surface area (Å²) in [5.41, 5.74) is 5.87. The number of aliphatic hydroxyl groups is 1. The van der Waals surface area contributed by atoms with Crippen LogP contribution in [0.5, 0.6) is 0 Å². The summed E-state index contributed by atoms with van der Waals surface area (Å²) >= 11 is 1.77. The normalized spacial score (nSPS) is 13.2. The van der Waals surface area contributed by atoms with Gasteiger partial charge in [-0.3, -0.25) is 0 Å². The molecule has 0 radical (unpaired) electrons. The van der Waals surface area contributed by atoms with E-state index in [1.807, 2.05) is 0 Å². The van der Waals surface area contributed by atoms with Crippen LogP contribution in [-0.2, 0) is 6.42 Å². The second-order valence-corrected chi connectivity index (χ2v) is 4.37. The first kappa shape index (κ1) is 10.7. The Kier molecular flexibility index (Phi) is 4.42. The zero-order valence-corrected chi connectivity index (χ0v) is 8.81. The van der Waals surface area contributed by atoms with E-state index in [1.54, 1.807) is 11.3 Å². The molecule has 0 fully saturated rings. The van der Waals surface area contributed by atoms with Crippen LogP contribution in [0.15, 0.2) is 12.1 Å². The molecule has 74 valence electrons. The highest BCUT2D eigenvalue weighted by atomic mass is 32.1. The first-order chi connectivity index (χ1) is 6.27. The van der Waals surface area contributed by atoms with Crippen LogP contribution in [0.1, 0.15) is 35.6 Å². The lowest BCUT2D eigenvalue weighted by Gasteiger charge is -2.05. The summed E-state index contributed by atoms with van der Waals surface area (Å²) in [5, 5.41) is 8.73. The highest BCUT2D eigenvalue weighted by Crippen LogP contribution is 2.24. The van der Waals surface area contributed by atoms with Gasteiger partial charge in [-0.05, 0) is 25.0 Å². The van der Waals surface area contributed by atoms with E-state index < -0.39 is 0 Å². The summed E-state index contributed by atoms with van der Waals surface area (Å²) in [6, 6.07) is 4.23. The number of thiophene rings is 1. The molecule has 1 aromatic heterocycles. The highest BCUT2D eigenvalue weighted by molar-refractivity contribution is 7.12. The predicted octanol–water partition coefficient (Wildman–Crippen LogP) is 2.08. The molecular formula is C10H17NOS. The minimum absolute atomic E-state index is 0.0145. The molecular weight excluding hydrogens is 182 g/mol. The molecule has 0 aromatic carbocycles. The van der Waals surface area contributed by atoms with E-state index in [2.05, 4.69) is 19.1 Å². The largest absolute Gasteiger partial charge is 0.396 e. The Bertz CT molecular complexity index is 247. The number of rotatable bonds is 5. The Morgan fingerprint density at radius 2 is 2.31 bits per heavy atom. The molecule has 13 heavy (non-hydrogen) atoms. The number of nitrogens with two attached hydrogens (primary N) is 1. The van der Waals surface area contributed by atoms with Crippen LogP contribution in [0.3, 0.4) is 0 Å². The van der Waals surface area contributed by atoms with Gasteiger partial charge < -0.3 is 10.8 Å². The SMILES string of the molecule is CCCc1ccc([C@H](N)CCO)s1. The molecule has 1 atom stereocenters. The third-order valence-electron chi connectivity index (χ3n) is 1.98. The minimum atomic E-state index is 0.0145. The first-order valence-electron chi connectivity index (χ1n) is 4.73. The summed E-state index contributed by atoms with van der Waals surface area (Å²) in [6.07, 6.45) is 2.97. The smallest absolute Gasteiger partial charge is 0.0449 e. The van der Waals surface area contributed by atoms with Crippen molar-refractivity contribution in [3.63, 3.8) is 0 Å². The molecule has 1 rings (SSSR count). The van der Waals surface area contributed by atoms with E-state index in [-0.39, 0.29) is 12.6 Å². The van der Waals surface area contributed by atoms with E-state index in [0.29, 0.717) is 6.42 Å². The first-order valence-corrected chi connectivity index (χ1v) is 5.54. The molecule has 0 aliphatic carbocycles. The molecule has 0 aliphatic rings. The molecule has 3 N–H and O–H groups in total. The summed E-state index contributed by atoms with van der Waals surface area (Å²) in [4.78, 5) is 2.59. The van der Waals surface area contributed by atoms with Crippen molar-refractivity contribution in [2.24, 2.45) is 5.73 Å². The number of hydrogen-bond acceptors (Lipinski definition) is 3. The highest BCUT2D eigenvalue weighted by Gasteiger charge is 2.07. The Labute approximate surface area is 83.4 Å². The molecule has 0 aliphatic heterocycles. The van der Waals surface area contributed by atoms with Crippen molar-refractivity contribution in [1.29, 1.82) is 0 Å². The fourth-order valence-corrected chi connectivity index (χ4v) is 2.41. The number of aryl methyl sites for hydroxylation is 1. The van der Waals surface area contributed by atoms with E-state index in [1.165, 1.54) is 16.2 Å². The Hall–Kier alpha value is -0.380. The fraction of sp³-hybridized carbons (Fsp3) is 0.600. The second kappa shape index (κ2) is 5.37. The fourth-order valence-electron chi connectivity index (χ4n) is 1.26. The quantitative estimate of drug-likeness (QED) is 0.762. The standard InChI is InChI=1S/C10H17NOS/c1-2-3-8-4-5-10(13-8)9(11)6-7-12/h4-5,9,12H,2-3,6-7,11H2,1H3/t9-/m1/s1. The third kappa shape index (κ3) is 3.10. The Balaban J connectivity index is 2.56. The van der Waals surface area contributed by atoms with Crippen molar-refractivity contribution in [3.8, 4) is 0 Å². The molecule has 0 spiro atoms. The molecule has 3 heteroatoms.